The van der Waals surface area contributed by atoms with E-state index in [1.165, 1.54) is 0 Å². The van der Waals surface area contributed by atoms with Crippen LogP contribution in [0, 0.1) is 0 Å². The van der Waals surface area contributed by atoms with E-state index >= 15 is 0 Å². The van der Waals surface area contributed by atoms with Crippen LogP contribution in [0.1, 0.15) is 10.4 Å². The molecule has 0 bridgehead atoms. The summed E-state index contributed by atoms with van der Waals surface area (Å²) in [5.74, 6) is 0.594. The molecule has 110 valence electrons. The van der Waals surface area contributed by atoms with Gasteiger partial charge in [-0.1, -0.05) is 36.4 Å². The summed E-state index contributed by atoms with van der Waals surface area (Å²) in [5.41, 5.74) is 1.37. The first kappa shape index (κ1) is 14.6. The lowest BCUT2D eigenvalue weighted by Crippen LogP contribution is -2.12. The molecule has 0 heterocycles. The quantitative estimate of drug-likeness (QED) is 0.728. The van der Waals surface area contributed by atoms with Crippen molar-refractivity contribution in [2.45, 2.75) is 0 Å². The molecule has 4 heteroatoms. The Kier molecular flexibility index (Phi) is 4.11. The fourth-order valence-electron chi connectivity index (χ4n) is 2.37. The third kappa shape index (κ3) is 2.83. The van der Waals surface area contributed by atoms with Crippen molar-refractivity contribution in [2.75, 3.05) is 12.4 Å². The van der Waals surface area contributed by atoms with Gasteiger partial charge in [0.1, 0.15) is 5.75 Å². The molecule has 0 saturated heterocycles. The summed E-state index contributed by atoms with van der Waals surface area (Å²) in [5, 5.41) is 4.91. The molecule has 0 aromatic heterocycles. The van der Waals surface area contributed by atoms with Crippen molar-refractivity contribution in [1.82, 2.24) is 0 Å². The molecule has 1 amide bonds. The molecule has 0 unspecified atom stereocenters. The standard InChI is InChI=1S/C18H14BrNO2/c1-22-17-10-9-13(11-16(17)19)20-18(21)15-8-4-6-12-5-2-3-7-14(12)15/h2-11H,1H3,(H,20,21). The fraction of sp³-hybridized carbons (Fsp3) is 0.0556. The summed E-state index contributed by atoms with van der Waals surface area (Å²) in [7, 11) is 1.61. The van der Waals surface area contributed by atoms with E-state index in [0.29, 0.717) is 11.3 Å². The molecule has 0 fully saturated rings. The number of amides is 1. The Morgan fingerprint density at radius 2 is 1.82 bits per heavy atom. The number of rotatable bonds is 3. The Morgan fingerprint density at radius 1 is 1.05 bits per heavy atom. The number of hydrogen-bond acceptors (Lipinski definition) is 2. The van der Waals surface area contributed by atoms with Gasteiger partial charge in [0.05, 0.1) is 11.6 Å². The van der Waals surface area contributed by atoms with E-state index in [4.69, 9.17) is 4.74 Å². The average Bonchev–Trinajstić information content (AvgIpc) is 2.54. The average molecular weight is 356 g/mol. The Bertz CT molecular complexity index is 840. The van der Waals surface area contributed by atoms with Crippen LogP contribution in [0.4, 0.5) is 5.69 Å². The van der Waals surface area contributed by atoms with Gasteiger partial charge in [-0.3, -0.25) is 4.79 Å². The molecule has 3 aromatic carbocycles. The second-order valence-electron chi connectivity index (χ2n) is 4.83. The predicted molar refractivity (Wildman–Crippen MR) is 92.6 cm³/mol. The molecule has 1 N–H and O–H groups in total. The van der Waals surface area contributed by atoms with Crippen molar-refractivity contribution in [1.29, 1.82) is 0 Å². The van der Waals surface area contributed by atoms with Crippen molar-refractivity contribution in [3.63, 3.8) is 0 Å². The first-order chi connectivity index (χ1) is 10.7. The summed E-state index contributed by atoms with van der Waals surface area (Å²) >= 11 is 3.42. The second-order valence-corrected chi connectivity index (χ2v) is 5.68. The highest BCUT2D eigenvalue weighted by Gasteiger charge is 2.10. The molecule has 0 aliphatic rings. The maximum absolute atomic E-state index is 12.5. The Labute approximate surface area is 137 Å². The normalized spacial score (nSPS) is 10.5. The summed E-state index contributed by atoms with van der Waals surface area (Å²) in [6.07, 6.45) is 0. The minimum absolute atomic E-state index is 0.131. The van der Waals surface area contributed by atoms with Crippen LogP contribution in [0.5, 0.6) is 5.75 Å². The number of fused-ring (bicyclic) bond motifs is 1. The van der Waals surface area contributed by atoms with Gasteiger partial charge in [0.2, 0.25) is 0 Å². The molecular weight excluding hydrogens is 342 g/mol. The molecule has 0 radical (unpaired) electrons. The van der Waals surface area contributed by atoms with E-state index in [1.807, 2.05) is 60.7 Å². The zero-order chi connectivity index (χ0) is 15.5. The minimum atomic E-state index is -0.131. The zero-order valence-corrected chi connectivity index (χ0v) is 13.6. The number of hydrogen-bond donors (Lipinski definition) is 1. The third-order valence-corrected chi connectivity index (χ3v) is 4.06. The predicted octanol–water partition coefficient (Wildman–Crippen LogP) is 4.86. The number of ether oxygens (including phenoxy) is 1. The lowest BCUT2D eigenvalue weighted by molar-refractivity contribution is 0.102. The number of nitrogens with one attached hydrogen (secondary N) is 1. The van der Waals surface area contributed by atoms with Gasteiger partial charge in [-0.25, -0.2) is 0 Å². The highest BCUT2D eigenvalue weighted by atomic mass is 79.9. The van der Waals surface area contributed by atoms with Crippen molar-refractivity contribution in [3.8, 4) is 5.75 Å². The van der Waals surface area contributed by atoms with Crippen LogP contribution >= 0.6 is 15.9 Å². The third-order valence-electron chi connectivity index (χ3n) is 3.44. The minimum Gasteiger partial charge on any atom is -0.496 e. The first-order valence-corrected chi connectivity index (χ1v) is 7.61. The number of halogens is 1. The van der Waals surface area contributed by atoms with E-state index in [-0.39, 0.29) is 5.91 Å². The number of carbonyl (C=O) groups excluding carboxylic acids is 1. The highest BCUT2D eigenvalue weighted by Crippen LogP contribution is 2.28. The van der Waals surface area contributed by atoms with Crippen LogP contribution in [0.3, 0.4) is 0 Å². The van der Waals surface area contributed by atoms with Crippen molar-refractivity contribution >= 4 is 38.3 Å². The van der Waals surface area contributed by atoms with Crippen molar-refractivity contribution < 1.29 is 9.53 Å². The summed E-state index contributed by atoms with van der Waals surface area (Å²) < 4.78 is 5.98. The van der Waals surface area contributed by atoms with Crippen molar-refractivity contribution in [3.05, 3.63) is 70.7 Å². The second kappa shape index (κ2) is 6.20. The molecule has 0 aliphatic carbocycles. The smallest absolute Gasteiger partial charge is 0.256 e. The molecule has 22 heavy (non-hydrogen) atoms. The Morgan fingerprint density at radius 3 is 2.59 bits per heavy atom. The van der Waals surface area contributed by atoms with Gasteiger partial charge in [0.25, 0.3) is 5.91 Å². The summed E-state index contributed by atoms with van der Waals surface area (Å²) in [6, 6.07) is 19.0. The molecular formula is C18H14BrNO2. The van der Waals surface area contributed by atoms with Crippen LogP contribution in [0.2, 0.25) is 0 Å². The Hall–Kier alpha value is -2.33. The van der Waals surface area contributed by atoms with Crippen molar-refractivity contribution in [2.24, 2.45) is 0 Å². The molecule has 3 aromatic rings. The van der Waals surface area contributed by atoms with Crippen LogP contribution in [0.15, 0.2) is 65.1 Å². The van der Waals surface area contributed by atoms with Crippen LogP contribution in [-0.4, -0.2) is 13.0 Å². The maximum atomic E-state index is 12.5. The number of anilines is 1. The van der Waals surface area contributed by atoms with E-state index in [0.717, 1.165) is 21.0 Å². The highest BCUT2D eigenvalue weighted by molar-refractivity contribution is 9.10. The fourth-order valence-corrected chi connectivity index (χ4v) is 2.91. The van der Waals surface area contributed by atoms with Crippen LogP contribution in [0.25, 0.3) is 10.8 Å². The molecule has 3 rings (SSSR count). The monoisotopic (exact) mass is 355 g/mol. The largest absolute Gasteiger partial charge is 0.496 e. The Balaban J connectivity index is 1.92. The van der Waals surface area contributed by atoms with E-state index in [1.54, 1.807) is 7.11 Å². The summed E-state index contributed by atoms with van der Waals surface area (Å²) in [4.78, 5) is 12.5. The van der Waals surface area contributed by atoms with Gasteiger partial charge in [0, 0.05) is 11.3 Å². The molecule has 0 aliphatic heterocycles. The van der Waals surface area contributed by atoms with Gasteiger partial charge >= 0.3 is 0 Å². The van der Waals surface area contributed by atoms with Crippen LogP contribution < -0.4 is 10.1 Å². The van der Waals surface area contributed by atoms with Crippen LogP contribution in [-0.2, 0) is 0 Å². The molecule has 0 saturated carbocycles. The maximum Gasteiger partial charge on any atom is 0.256 e. The van der Waals surface area contributed by atoms with Gasteiger partial charge in [0.15, 0.2) is 0 Å². The van der Waals surface area contributed by atoms with E-state index in [2.05, 4.69) is 21.2 Å². The van der Waals surface area contributed by atoms with Gasteiger partial charge in [-0.15, -0.1) is 0 Å². The number of carbonyl (C=O) groups is 1. The van der Waals surface area contributed by atoms with Gasteiger partial charge in [-0.05, 0) is 51.0 Å². The zero-order valence-electron chi connectivity index (χ0n) is 12.0. The molecule has 0 spiro atoms. The summed E-state index contributed by atoms with van der Waals surface area (Å²) in [6.45, 7) is 0. The number of benzene rings is 3. The topological polar surface area (TPSA) is 38.3 Å². The van der Waals surface area contributed by atoms with Gasteiger partial charge < -0.3 is 10.1 Å². The molecule has 3 nitrogen and oxygen atoms in total. The number of methoxy groups -OCH3 is 1. The lowest BCUT2D eigenvalue weighted by atomic mass is 10.0. The van der Waals surface area contributed by atoms with Gasteiger partial charge in [-0.2, -0.15) is 0 Å². The lowest BCUT2D eigenvalue weighted by Gasteiger charge is -2.10. The van der Waals surface area contributed by atoms with E-state index in [9.17, 15) is 4.79 Å². The van der Waals surface area contributed by atoms with E-state index < -0.39 is 0 Å². The SMILES string of the molecule is COc1ccc(NC(=O)c2cccc3ccccc23)cc1Br. The first-order valence-electron chi connectivity index (χ1n) is 6.81. The molecule has 0 atom stereocenters.